The van der Waals surface area contributed by atoms with Gasteiger partial charge in [0.2, 0.25) is 0 Å². The van der Waals surface area contributed by atoms with E-state index >= 15 is 0 Å². The number of carbonyl (C=O) groups excluding carboxylic acids is 1. The Morgan fingerprint density at radius 3 is 2.29 bits per heavy atom. The fourth-order valence-electron chi connectivity index (χ4n) is 2.91. The molecule has 0 amide bonds. The van der Waals surface area contributed by atoms with Crippen LogP contribution in [0.5, 0.6) is 5.75 Å². The lowest BCUT2D eigenvalue weighted by Gasteiger charge is -2.47. The lowest BCUT2D eigenvalue weighted by molar-refractivity contribution is -0.121. The quantitative estimate of drug-likeness (QED) is 0.755. The molecule has 2 saturated heterocycles. The minimum Gasteiger partial charge on any atom is -0.508 e. The Labute approximate surface area is 100 Å². The summed E-state index contributed by atoms with van der Waals surface area (Å²) in [6.45, 7) is 1.73. The zero-order valence-electron chi connectivity index (χ0n) is 9.60. The predicted octanol–water partition coefficient (Wildman–Crippen LogP) is 0.902. The Kier molecular flexibility index (Phi) is 2.52. The summed E-state index contributed by atoms with van der Waals surface area (Å²) in [4.78, 5) is 13.9. The monoisotopic (exact) mass is 232 g/mol. The lowest BCUT2D eigenvalue weighted by atomic mass is 9.90. The predicted molar refractivity (Wildman–Crippen MR) is 65.3 cm³/mol. The van der Waals surface area contributed by atoms with Crippen LogP contribution in [-0.2, 0) is 4.79 Å². The van der Waals surface area contributed by atoms with Crippen molar-refractivity contribution in [3.8, 4) is 5.75 Å². The normalized spacial score (nSPS) is 28.2. The maximum Gasteiger partial charge on any atom is 0.137 e. The SMILES string of the molecule is O=C1CC2CNCC(C1)N2c1ccc(O)cc1. The molecule has 2 aliphatic rings. The molecule has 2 atom stereocenters. The van der Waals surface area contributed by atoms with E-state index in [2.05, 4.69) is 10.2 Å². The van der Waals surface area contributed by atoms with E-state index in [1.165, 1.54) is 0 Å². The Morgan fingerprint density at radius 2 is 1.71 bits per heavy atom. The fourth-order valence-corrected chi connectivity index (χ4v) is 2.91. The van der Waals surface area contributed by atoms with Crippen molar-refractivity contribution in [2.45, 2.75) is 24.9 Å². The number of nitrogens with one attached hydrogen (secondary N) is 1. The van der Waals surface area contributed by atoms with E-state index < -0.39 is 0 Å². The molecule has 2 bridgehead atoms. The van der Waals surface area contributed by atoms with Gasteiger partial charge in [-0.15, -0.1) is 0 Å². The minimum atomic E-state index is 0.263. The second-order valence-electron chi connectivity index (χ2n) is 4.84. The number of aromatic hydroxyl groups is 1. The van der Waals surface area contributed by atoms with Crippen molar-refractivity contribution in [1.29, 1.82) is 0 Å². The lowest BCUT2D eigenvalue weighted by Crippen LogP contribution is -2.61. The van der Waals surface area contributed by atoms with Crippen LogP contribution >= 0.6 is 0 Å². The number of piperidine rings is 1. The van der Waals surface area contributed by atoms with Crippen LogP contribution in [0.1, 0.15) is 12.8 Å². The van der Waals surface area contributed by atoms with Gasteiger partial charge in [0.15, 0.2) is 0 Å². The molecule has 90 valence electrons. The highest BCUT2D eigenvalue weighted by atomic mass is 16.3. The maximum absolute atomic E-state index is 11.6. The summed E-state index contributed by atoms with van der Waals surface area (Å²) in [5.74, 6) is 0.654. The molecule has 0 aliphatic carbocycles. The van der Waals surface area contributed by atoms with E-state index in [9.17, 15) is 9.90 Å². The van der Waals surface area contributed by atoms with Crippen LogP contribution in [0.15, 0.2) is 24.3 Å². The van der Waals surface area contributed by atoms with Crippen LogP contribution in [0, 0.1) is 0 Å². The van der Waals surface area contributed by atoms with Crippen LogP contribution < -0.4 is 10.2 Å². The number of piperazine rings is 1. The summed E-state index contributed by atoms with van der Waals surface area (Å²) in [6, 6.07) is 7.79. The molecule has 17 heavy (non-hydrogen) atoms. The van der Waals surface area contributed by atoms with Gasteiger partial charge in [-0.25, -0.2) is 0 Å². The number of phenolic OH excluding ortho intramolecular Hbond substituents is 1. The number of hydrogen-bond donors (Lipinski definition) is 2. The molecule has 0 aromatic heterocycles. The highest BCUT2D eigenvalue weighted by molar-refractivity contribution is 5.83. The highest BCUT2D eigenvalue weighted by Crippen LogP contribution is 2.30. The standard InChI is InChI=1S/C13H16N2O2/c16-12-3-1-9(2-4-12)15-10-5-13(17)6-11(15)8-14-7-10/h1-4,10-11,14,16H,5-8H2. The molecule has 0 radical (unpaired) electrons. The maximum atomic E-state index is 11.6. The first-order chi connectivity index (χ1) is 8.24. The molecule has 0 saturated carbocycles. The third-order valence-electron chi connectivity index (χ3n) is 3.62. The van der Waals surface area contributed by atoms with Crippen LogP contribution in [-0.4, -0.2) is 36.1 Å². The number of carbonyl (C=O) groups is 1. The zero-order valence-corrected chi connectivity index (χ0v) is 9.60. The number of Topliss-reactive ketones (excluding diaryl/α,β-unsaturated/α-hetero) is 1. The molecule has 0 spiro atoms. The van der Waals surface area contributed by atoms with Gasteiger partial charge in [-0.05, 0) is 24.3 Å². The van der Waals surface area contributed by atoms with Crippen molar-refractivity contribution < 1.29 is 9.90 Å². The van der Waals surface area contributed by atoms with Crippen LogP contribution in [0.2, 0.25) is 0 Å². The molecule has 1 aromatic rings. The molecule has 4 nitrogen and oxygen atoms in total. The number of rotatable bonds is 1. The van der Waals surface area contributed by atoms with E-state index in [-0.39, 0.29) is 17.8 Å². The number of hydrogen-bond acceptors (Lipinski definition) is 4. The van der Waals surface area contributed by atoms with E-state index in [0.29, 0.717) is 18.6 Å². The van der Waals surface area contributed by atoms with Gasteiger partial charge >= 0.3 is 0 Å². The number of nitrogens with zero attached hydrogens (tertiary/aromatic N) is 1. The number of phenols is 1. The first kappa shape index (κ1) is 10.6. The fraction of sp³-hybridized carbons (Fsp3) is 0.462. The van der Waals surface area contributed by atoms with Crippen LogP contribution in [0.3, 0.4) is 0 Å². The largest absolute Gasteiger partial charge is 0.508 e. The molecule has 1 aromatic carbocycles. The van der Waals surface area contributed by atoms with Gasteiger partial charge in [0.25, 0.3) is 0 Å². The van der Waals surface area contributed by atoms with Gasteiger partial charge in [0, 0.05) is 43.7 Å². The minimum absolute atomic E-state index is 0.263. The summed E-state index contributed by atoms with van der Waals surface area (Å²) in [6.07, 6.45) is 1.26. The molecule has 2 heterocycles. The van der Waals surface area contributed by atoms with Crippen LogP contribution in [0.4, 0.5) is 5.69 Å². The van der Waals surface area contributed by atoms with Crippen molar-refractivity contribution in [1.82, 2.24) is 5.32 Å². The summed E-state index contributed by atoms with van der Waals surface area (Å²) < 4.78 is 0. The summed E-state index contributed by atoms with van der Waals surface area (Å²) in [5, 5.41) is 12.7. The van der Waals surface area contributed by atoms with Gasteiger partial charge < -0.3 is 15.3 Å². The topological polar surface area (TPSA) is 52.6 Å². The average molecular weight is 232 g/mol. The summed E-state index contributed by atoms with van der Waals surface area (Å²) >= 11 is 0. The van der Waals surface area contributed by atoms with E-state index in [0.717, 1.165) is 18.8 Å². The number of benzene rings is 1. The van der Waals surface area contributed by atoms with Crippen molar-refractivity contribution in [2.75, 3.05) is 18.0 Å². The third-order valence-corrected chi connectivity index (χ3v) is 3.62. The van der Waals surface area contributed by atoms with Gasteiger partial charge in [-0.1, -0.05) is 0 Å². The molecular formula is C13H16N2O2. The van der Waals surface area contributed by atoms with Crippen molar-refractivity contribution >= 4 is 11.5 Å². The van der Waals surface area contributed by atoms with E-state index in [1.54, 1.807) is 12.1 Å². The average Bonchev–Trinajstić information content (AvgIpc) is 2.29. The van der Waals surface area contributed by atoms with Gasteiger partial charge in [0.1, 0.15) is 11.5 Å². The molecule has 2 N–H and O–H groups in total. The summed E-state index contributed by atoms with van der Waals surface area (Å²) in [7, 11) is 0. The third kappa shape index (κ3) is 1.89. The van der Waals surface area contributed by atoms with Gasteiger partial charge in [-0.3, -0.25) is 4.79 Å². The van der Waals surface area contributed by atoms with Gasteiger partial charge in [0.05, 0.1) is 0 Å². The van der Waals surface area contributed by atoms with E-state index in [1.807, 2.05) is 12.1 Å². The Hall–Kier alpha value is -1.55. The highest BCUT2D eigenvalue weighted by Gasteiger charge is 2.37. The number of anilines is 1. The molecule has 2 unspecified atom stereocenters. The van der Waals surface area contributed by atoms with E-state index in [4.69, 9.17) is 0 Å². The number of ketones is 1. The first-order valence-electron chi connectivity index (χ1n) is 6.04. The molecule has 4 heteroatoms. The van der Waals surface area contributed by atoms with Crippen molar-refractivity contribution in [3.63, 3.8) is 0 Å². The van der Waals surface area contributed by atoms with Crippen LogP contribution in [0.25, 0.3) is 0 Å². The van der Waals surface area contributed by atoms with Crippen molar-refractivity contribution in [2.24, 2.45) is 0 Å². The first-order valence-corrected chi connectivity index (χ1v) is 6.04. The molecule has 2 fully saturated rings. The second-order valence-corrected chi connectivity index (χ2v) is 4.84. The smallest absolute Gasteiger partial charge is 0.137 e. The van der Waals surface area contributed by atoms with Crippen molar-refractivity contribution in [3.05, 3.63) is 24.3 Å². The molecule has 3 rings (SSSR count). The molecular weight excluding hydrogens is 216 g/mol. The second kappa shape index (κ2) is 4.04. The van der Waals surface area contributed by atoms with Gasteiger partial charge in [-0.2, -0.15) is 0 Å². The Morgan fingerprint density at radius 1 is 1.12 bits per heavy atom. The Bertz CT molecular complexity index is 414. The zero-order chi connectivity index (χ0) is 11.8. The number of fused-ring (bicyclic) bond motifs is 2. The summed E-state index contributed by atoms with van der Waals surface area (Å²) in [5.41, 5.74) is 1.10. The molecule has 2 aliphatic heterocycles. The Balaban J connectivity index is 1.91.